The van der Waals surface area contributed by atoms with Crippen LogP contribution in [0.5, 0.6) is 0 Å². The molecule has 0 saturated carbocycles. The van der Waals surface area contributed by atoms with Crippen LogP contribution in [-0.2, 0) is 4.74 Å². The second-order valence-corrected chi connectivity index (χ2v) is 3.90. The summed E-state index contributed by atoms with van der Waals surface area (Å²) in [6, 6.07) is 12.2. The highest BCUT2D eigenvalue weighted by molar-refractivity contribution is 6.05. The molecule has 0 aromatic heterocycles. The Morgan fingerprint density at radius 1 is 1.16 bits per heavy atom. The van der Waals surface area contributed by atoms with Gasteiger partial charge in [0.25, 0.3) is 0 Å². The van der Waals surface area contributed by atoms with Crippen molar-refractivity contribution in [1.82, 2.24) is 0 Å². The molecule has 0 aliphatic heterocycles. The van der Waals surface area contributed by atoms with Gasteiger partial charge in [0.05, 0.1) is 35.4 Å². The van der Waals surface area contributed by atoms with Gasteiger partial charge in [-0.1, -0.05) is 6.07 Å². The van der Waals surface area contributed by atoms with Crippen LogP contribution in [0.15, 0.2) is 30.3 Å². The minimum atomic E-state index is -0.464. The van der Waals surface area contributed by atoms with Crippen LogP contribution >= 0.6 is 0 Å². The average Bonchev–Trinajstić information content (AvgIpc) is 2.45. The molecular weight excluding hydrogens is 240 g/mol. The molecule has 0 unspecified atom stereocenters. The van der Waals surface area contributed by atoms with Crippen LogP contribution in [0, 0.1) is 22.7 Å². The summed E-state index contributed by atoms with van der Waals surface area (Å²) in [5.41, 5.74) is 1.20. The Morgan fingerprint density at radius 3 is 2.47 bits per heavy atom. The molecule has 0 heterocycles. The third-order valence-corrected chi connectivity index (χ3v) is 2.71. The number of ether oxygens (including phenoxy) is 1. The van der Waals surface area contributed by atoms with Crippen LogP contribution in [0.1, 0.15) is 28.4 Å². The van der Waals surface area contributed by atoms with Crippen molar-refractivity contribution >= 4 is 16.7 Å². The van der Waals surface area contributed by atoms with Gasteiger partial charge in [0.1, 0.15) is 0 Å². The Kier molecular flexibility index (Phi) is 3.45. The van der Waals surface area contributed by atoms with E-state index in [-0.39, 0.29) is 6.61 Å². The Morgan fingerprint density at radius 2 is 1.84 bits per heavy atom. The number of fused-ring (bicyclic) bond motifs is 1. The third-order valence-electron chi connectivity index (χ3n) is 2.71. The summed E-state index contributed by atoms with van der Waals surface area (Å²) in [4.78, 5) is 11.9. The van der Waals surface area contributed by atoms with E-state index >= 15 is 0 Å². The monoisotopic (exact) mass is 250 g/mol. The number of benzene rings is 2. The van der Waals surface area contributed by atoms with Gasteiger partial charge in [-0.3, -0.25) is 0 Å². The Balaban J connectivity index is 2.72. The quantitative estimate of drug-likeness (QED) is 0.768. The molecule has 2 aromatic rings. The highest BCUT2D eigenvalue weighted by atomic mass is 16.5. The fraction of sp³-hybridized carbons (Fsp3) is 0.133. The van der Waals surface area contributed by atoms with Gasteiger partial charge < -0.3 is 4.74 Å². The number of nitriles is 2. The van der Waals surface area contributed by atoms with Crippen molar-refractivity contribution in [2.24, 2.45) is 0 Å². The number of hydrogen-bond acceptors (Lipinski definition) is 4. The number of carbonyl (C=O) groups excluding carboxylic acids is 1. The molecule has 0 saturated heterocycles. The molecule has 0 aliphatic carbocycles. The summed E-state index contributed by atoms with van der Waals surface area (Å²) in [6.45, 7) is 2.00. The van der Waals surface area contributed by atoms with Crippen molar-refractivity contribution in [1.29, 1.82) is 10.5 Å². The van der Waals surface area contributed by atoms with Gasteiger partial charge >= 0.3 is 5.97 Å². The summed E-state index contributed by atoms with van der Waals surface area (Å²) in [6.07, 6.45) is 0. The number of nitrogens with zero attached hydrogens (tertiary/aromatic N) is 2. The van der Waals surface area contributed by atoms with Crippen molar-refractivity contribution in [2.45, 2.75) is 6.92 Å². The normalized spacial score (nSPS) is 9.63. The molecule has 92 valence electrons. The van der Waals surface area contributed by atoms with E-state index in [0.29, 0.717) is 27.5 Å². The Hall–Kier alpha value is -2.85. The van der Waals surface area contributed by atoms with E-state index < -0.39 is 5.97 Å². The predicted octanol–water partition coefficient (Wildman–Crippen LogP) is 2.76. The Labute approximate surface area is 110 Å². The zero-order valence-electron chi connectivity index (χ0n) is 10.3. The van der Waals surface area contributed by atoms with E-state index in [4.69, 9.17) is 15.3 Å². The molecule has 4 heteroatoms. The van der Waals surface area contributed by atoms with Crippen molar-refractivity contribution in [2.75, 3.05) is 6.61 Å². The molecule has 0 spiro atoms. The van der Waals surface area contributed by atoms with E-state index in [1.165, 1.54) is 6.07 Å². The molecule has 2 aromatic carbocycles. The van der Waals surface area contributed by atoms with Gasteiger partial charge in [0.2, 0.25) is 0 Å². The van der Waals surface area contributed by atoms with E-state index in [9.17, 15) is 4.79 Å². The second-order valence-electron chi connectivity index (χ2n) is 3.90. The number of esters is 1. The standard InChI is InChI=1S/C15H10N2O2/c1-2-19-15(18)14-7-11(9-17)6-12-5-10(8-16)3-4-13(12)14/h3-7H,2H2,1H3. The maximum absolute atomic E-state index is 11.9. The summed E-state index contributed by atoms with van der Waals surface area (Å²) >= 11 is 0. The van der Waals surface area contributed by atoms with Crippen molar-refractivity contribution in [3.8, 4) is 12.1 Å². The molecule has 19 heavy (non-hydrogen) atoms. The number of hydrogen-bond donors (Lipinski definition) is 0. The maximum atomic E-state index is 11.9. The van der Waals surface area contributed by atoms with Crippen LogP contribution < -0.4 is 0 Å². The summed E-state index contributed by atoms with van der Waals surface area (Å²) in [7, 11) is 0. The molecule has 4 nitrogen and oxygen atoms in total. The summed E-state index contributed by atoms with van der Waals surface area (Å²) in [5, 5.41) is 19.2. The van der Waals surface area contributed by atoms with E-state index in [1.807, 2.05) is 12.1 Å². The lowest BCUT2D eigenvalue weighted by Gasteiger charge is -2.07. The SMILES string of the molecule is CCOC(=O)c1cc(C#N)cc2cc(C#N)ccc12. The zero-order chi connectivity index (χ0) is 13.8. The number of carbonyl (C=O) groups is 1. The molecule has 0 N–H and O–H groups in total. The largest absolute Gasteiger partial charge is 0.462 e. The first-order valence-electron chi connectivity index (χ1n) is 5.74. The van der Waals surface area contributed by atoms with Gasteiger partial charge in [-0.2, -0.15) is 10.5 Å². The highest BCUT2D eigenvalue weighted by Crippen LogP contribution is 2.23. The van der Waals surface area contributed by atoms with Crippen molar-refractivity contribution in [3.63, 3.8) is 0 Å². The fourth-order valence-electron chi connectivity index (χ4n) is 1.88. The highest BCUT2D eigenvalue weighted by Gasteiger charge is 2.13. The average molecular weight is 250 g/mol. The fourth-order valence-corrected chi connectivity index (χ4v) is 1.88. The Bertz CT molecular complexity index is 731. The lowest BCUT2D eigenvalue weighted by Crippen LogP contribution is -2.06. The first-order chi connectivity index (χ1) is 9.19. The van der Waals surface area contributed by atoms with E-state index in [2.05, 4.69) is 0 Å². The molecule has 0 aliphatic rings. The summed E-state index contributed by atoms with van der Waals surface area (Å²) in [5.74, 6) is -0.464. The molecular formula is C15H10N2O2. The maximum Gasteiger partial charge on any atom is 0.338 e. The smallest absolute Gasteiger partial charge is 0.338 e. The van der Waals surface area contributed by atoms with Crippen LogP contribution in [-0.4, -0.2) is 12.6 Å². The van der Waals surface area contributed by atoms with Crippen LogP contribution in [0.4, 0.5) is 0 Å². The van der Waals surface area contributed by atoms with Crippen molar-refractivity contribution < 1.29 is 9.53 Å². The predicted molar refractivity (Wildman–Crippen MR) is 69.3 cm³/mol. The molecule has 0 radical (unpaired) electrons. The minimum absolute atomic E-state index is 0.271. The second kappa shape index (κ2) is 5.20. The first kappa shape index (κ1) is 12.6. The minimum Gasteiger partial charge on any atom is -0.462 e. The van der Waals surface area contributed by atoms with Crippen molar-refractivity contribution in [3.05, 3.63) is 47.0 Å². The van der Waals surface area contributed by atoms with Crippen LogP contribution in [0.2, 0.25) is 0 Å². The van der Waals surface area contributed by atoms with Gasteiger partial charge in [-0.15, -0.1) is 0 Å². The first-order valence-corrected chi connectivity index (χ1v) is 5.74. The van der Waals surface area contributed by atoms with Gasteiger partial charge in [-0.25, -0.2) is 4.79 Å². The molecule has 0 bridgehead atoms. The third kappa shape index (κ3) is 2.38. The van der Waals surface area contributed by atoms with E-state index in [1.54, 1.807) is 31.2 Å². The zero-order valence-corrected chi connectivity index (χ0v) is 10.3. The topological polar surface area (TPSA) is 73.9 Å². The lowest BCUT2D eigenvalue weighted by molar-refractivity contribution is 0.0528. The van der Waals surface area contributed by atoms with Gasteiger partial charge in [0, 0.05) is 0 Å². The molecule has 2 rings (SSSR count). The van der Waals surface area contributed by atoms with Crippen LogP contribution in [0.25, 0.3) is 10.8 Å². The lowest BCUT2D eigenvalue weighted by atomic mass is 9.99. The van der Waals surface area contributed by atoms with Gasteiger partial charge in [-0.05, 0) is 42.0 Å². The van der Waals surface area contributed by atoms with Gasteiger partial charge in [0.15, 0.2) is 0 Å². The van der Waals surface area contributed by atoms with E-state index in [0.717, 1.165) is 0 Å². The van der Waals surface area contributed by atoms with Crippen LogP contribution in [0.3, 0.4) is 0 Å². The molecule has 0 amide bonds. The summed E-state index contributed by atoms with van der Waals surface area (Å²) < 4.78 is 4.98. The molecule has 0 fully saturated rings. The molecule has 0 atom stereocenters. The number of rotatable bonds is 2.